The molecule has 1 heterocycles. The van der Waals surface area contributed by atoms with Crippen molar-refractivity contribution >= 4 is 23.9 Å². The number of hydrogen-bond acceptors (Lipinski definition) is 10. The monoisotopic (exact) mass is 722 g/mol. The molecular formula is C41H54O11. The van der Waals surface area contributed by atoms with E-state index in [0.717, 1.165) is 64.2 Å². The Labute approximate surface area is 304 Å². The standard InChI is InChI=1S/C41H54O11/c1-22(2)32(42)52-40-14-26-4-27(15-40)11-38(10-26,21-40)35(46)49-19-31-30(18-48-34(45)37-8-24-3-25(9-37)13-39(47,12-24)20-37)50-41(51-31)28-5-23-6-29(41)17-36(7-23,16-28)33(43)44/h23-31,47H,1,3-21H2,2H3,(H,43,44). The second-order valence-corrected chi connectivity index (χ2v) is 20.2. The predicted molar refractivity (Wildman–Crippen MR) is 181 cm³/mol. The maximum absolute atomic E-state index is 14.3. The lowest BCUT2D eigenvalue weighted by Crippen LogP contribution is -2.63. The minimum absolute atomic E-state index is 0.0550. The van der Waals surface area contributed by atoms with Crippen LogP contribution in [0.2, 0.25) is 0 Å². The molecule has 11 nitrogen and oxygen atoms in total. The summed E-state index contributed by atoms with van der Waals surface area (Å²) < 4.78 is 32.3. The number of rotatable bonds is 9. The van der Waals surface area contributed by atoms with Crippen LogP contribution in [0.3, 0.4) is 0 Å². The van der Waals surface area contributed by atoms with E-state index in [9.17, 15) is 29.4 Å². The van der Waals surface area contributed by atoms with Gasteiger partial charge in [-0.3, -0.25) is 14.4 Å². The van der Waals surface area contributed by atoms with Gasteiger partial charge < -0.3 is 33.9 Å². The molecule has 1 saturated heterocycles. The Kier molecular flexibility index (Phi) is 7.23. The van der Waals surface area contributed by atoms with Gasteiger partial charge in [0.25, 0.3) is 0 Å². The maximum Gasteiger partial charge on any atom is 0.333 e. The Bertz CT molecular complexity index is 1570. The number of carbonyl (C=O) groups excluding carboxylic acids is 3. The fourth-order valence-corrected chi connectivity index (χ4v) is 15.4. The Balaban J connectivity index is 0.883. The van der Waals surface area contributed by atoms with E-state index in [1.807, 2.05) is 0 Å². The molecular weight excluding hydrogens is 668 g/mol. The van der Waals surface area contributed by atoms with Crippen LogP contribution in [0.1, 0.15) is 116 Å². The van der Waals surface area contributed by atoms with Crippen molar-refractivity contribution in [2.45, 2.75) is 145 Å². The van der Waals surface area contributed by atoms with Crippen LogP contribution in [0.4, 0.5) is 0 Å². The third-order valence-corrected chi connectivity index (χ3v) is 16.2. The van der Waals surface area contributed by atoms with Gasteiger partial charge in [0.15, 0.2) is 5.79 Å². The molecule has 12 saturated carbocycles. The van der Waals surface area contributed by atoms with Gasteiger partial charge in [0.1, 0.15) is 31.0 Å². The average molecular weight is 723 g/mol. The molecule has 2 N–H and O–H groups in total. The van der Waals surface area contributed by atoms with Crippen molar-refractivity contribution in [1.82, 2.24) is 0 Å². The molecule has 0 radical (unpaired) electrons. The number of hydrogen-bond donors (Lipinski definition) is 2. The smallest absolute Gasteiger partial charge is 0.333 e. The number of carboxylic acid groups (broad SMARTS) is 1. The normalized spacial score (nSPS) is 52.6. The third kappa shape index (κ3) is 4.99. The van der Waals surface area contributed by atoms with E-state index >= 15 is 0 Å². The highest BCUT2D eigenvalue weighted by Crippen LogP contribution is 2.68. The molecule has 0 aromatic rings. The summed E-state index contributed by atoms with van der Waals surface area (Å²) in [6, 6.07) is 0. The molecule has 13 fully saturated rings. The van der Waals surface area contributed by atoms with Crippen molar-refractivity contribution in [3.8, 4) is 0 Å². The molecule has 1 spiro atoms. The van der Waals surface area contributed by atoms with E-state index in [0.29, 0.717) is 68.3 Å². The van der Waals surface area contributed by atoms with Gasteiger partial charge in [0.05, 0.1) is 21.8 Å². The summed E-state index contributed by atoms with van der Waals surface area (Å²) in [7, 11) is 0. The molecule has 0 aromatic heterocycles. The highest BCUT2D eigenvalue weighted by Gasteiger charge is 2.70. The molecule has 52 heavy (non-hydrogen) atoms. The molecule has 8 unspecified atom stereocenters. The SMILES string of the molecule is C=C(C)C(=O)OC12CC3CC(C1)CC(C(=O)OCC1OC4(OC1COC(=O)C15CC6CC(CC(O)(C6)C1)C5)C1CC5CC4CC(C(=O)O)(C5)C1)(C3)C2. The number of esters is 3. The molecule has 11 heteroatoms. The number of ether oxygens (including phenoxy) is 5. The Morgan fingerprint density at radius 2 is 1.13 bits per heavy atom. The van der Waals surface area contributed by atoms with E-state index < -0.39 is 57.4 Å². The maximum atomic E-state index is 14.3. The summed E-state index contributed by atoms with van der Waals surface area (Å²) in [5, 5.41) is 21.6. The van der Waals surface area contributed by atoms with E-state index in [4.69, 9.17) is 23.7 Å². The quantitative estimate of drug-likeness (QED) is 0.182. The highest BCUT2D eigenvalue weighted by molar-refractivity contribution is 5.87. The van der Waals surface area contributed by atoms with Crippen molar-refractivity contribution in [3.05, 3.63) is 12.2 Å². The van der Waals surface area contributed by atoms with Crippen molar-refractivity contribution in [2.24, 2.45) is 57.7 Å². The Morgan fingerprint density at radius 1 is 0.654 bits per heavy atom. The van der Waals surface area contributed by atoms with Gasteiger partial charge in [0, 0.05) is 23.8 Å². The van der Waals surface area contributed by atoms with Crippen molar-refractivity contribution in [3.63, 3.8) is 0 Å². The van der Waals surface area contributed by atoms with E-state index in [1.165, 1.54) is 0 Å². The topological polar surface area (TPSA) is 155 Å². The third-order valence-electron chi connectivity index (χ3n) is 16.2. The first kappa shape index (κ1) is 34.0. The lowest BCUT2D eigenvalue weighted by atomic mass is 9.47. The van der Waals surface area contributed by atoms with E-state index in [2.05, 4.69) is 6.58 Å². The summed E-state index contributed by atoms with van der Waals surface area (Å²) in [6.07, 6.45) is 10.8. The minimum Gasteiger partial charge on any atom is -0.481 e. The van der Waals surface area contributed by atoms with Gasteiger partial charge in [-0.2, -0.15) is 0 Å². The Morgan fingerprint density at radius 3 is 1.62 bits per heavy atom. The second-order valence-electron chi connectivity index (χ2n) is 20.2. The van der Waals surface area contributed by atoms with Crippen LogP contribution >= 0.6 is 0 Å². The second kappa shape index (κ2) is 11.1. The highest BCUT2D eigenvalue weighted by atomic mass is 16.8. The van der Waals surface area contributed by atoms with Crippen molar-refractivity contribution in [2.75, 3.05) is 13.2 Å². The van der Waals surface area contributed by atoms with Crippen molar-refractivity contribution in [1.29, 1.82) is 0 Å². The largest absolute Gasteiger partial charge is 0.481 e. The molecule has 12 bridgehead atoms. The molecule has 8 atom stereocenters. The zero-order valence-electron chi connectivity index (χ0n) is 30.4. The number of carbonyl (C=O) groups is 4. The summed E-state index contributed by atoms with van der Waals surface area (Å²) in [6.45, 7) is 5.30. The fourth-order valence-electron chi connectivity index (χ4n) is 15.4. The van der Waals surface area contributed by atoms with Gasteiger partial charge in [-0.25, -0.2) is 4.79 Å². The molecule has 1 aliphatic heterocycles. The lowest BCUT2D eigenvalue weighted by Gasteiger charge is -2.61. The molecule has 0 aromatic carbocycles. The first-order valence-corrected chi connectivity index (χ1v) is 20.2. The molecule has 13 rings (SSSR count). The number of aliphatic hydroxyl groups is 1. The number of carboxylic acids is 1. The van der Waals surface area contributed by atoms with Crippen LogP contribution in [-0.2, 0) is 42.9 Å². The predicted octanol–water partition coefficient (Wildman–Crippen LogP) is 5.25. The first-order chi connectivity index (χ1) is 24.6. The average Bonchev–Trinajstić information content (AvgIpc) is 3.41. The minimum atomic E-state index is -1.01. The lowest BCUT2D eigenvalue weighted by molar-refractivity contribution is -0.312. The van der Waals surface area contributed by atoms with Crippen LogP contribution < -0.4 is 0 Å². The van der Waals surface area contributed by atoms with Gasteiger partial charge in [-0.05, 0) is 139 Å². The summed E-state index contributed by atoms with van der Waals surface area (Å²) in [4.78, 5) is 53.5. The van der Waals surface area contributed by atoms with Gasteiger partial charge >= 0.3 is 23.9 Å². The van der Waals surface area contributed by atoms with Gasteiger partial charge in [-0.15, -0.1) is 0 Å². The number of aliphatic carboxylic acids is 1. The van der Waals surface area contributed by atoms with Crippen LogP contribution in [0.15, 0.2) is 12.2 Å². The zero-order valence-corrected chi connectivity index (χ0v) is 30.4. The molecule has 0 amide bonds. The van der Waals surface area contributed by atoms with E-state index in [1.54, 1.807) is 6.92 Å². The van der Waals surface area contributed by atoms with Gasteiger partial charge in [0.2, 0.25) is 0 Å². The Hall–Kier alpha value is -2.50. The van der Waals surface area contributed by atoms with Crippen LogP contribution in [0.25, 0.3) is 0 Å². The summed E-state index contributed by atoms with van der Waals surface area (Å²) in [5.74, 6) is -1.42. The van der Waals surface area contributed by atoms with Crippen LogP contribution in [0, 0.1) is 57.7 Å². The fraction of sp³-hybridized carbons (Fsp3) is 0.854. The summed E-state index contributed by atoms with van der Waals surface area (Å²) >= 11 is 0. The van der Waals surface area contributed by atoms with Crippen molar-refractivity contribution < 1.29 is 53.1 Å². The van der Waals surface area contributed by atoms with Crippen LogP contribution in [0.5, 0.6) is 0 Å². The van der Waals surface area contributed by atoms with Gasteiger partial charge in [-0.1, -0.05) is 6.58 Å². The first-order valence-electron chi connectivity index (χ1n) is 20.2. The zero-order chi connectivity index (χ0) is 36.1. The van der Waals surface area contributed by atoms with E-state index in [-0.39, 0.29) is 48.8 Å². The van der Waals surface area contributed by atoms with Crippen LogP contribution in [-0.4, -0.2) is 76.5 Å². The molecule has 12 aliphatic carbocycles. The molecule has 13 aliphatic rings. The summed E-state index contributed by atoms with van der Waals surface area (Å²) in [5.41, 5.74) is -3.32. The molecule has 284 valence electrons.